The Morgan fingerprint density at radius 3 is 2.36 bits per heavy atom. The van der Waals surface area contributed by atoms with Gasteiger partial charge in [0.1, 0.15) is 0 Å². The number of carbonyl (C=O) groups is 2. The van der Waals surface area contributed by atoms with Gasteiger partial charge >= 0.3 is 51.4 Å². The average molecular weight is 323 g/mol. The van der Waals surface area contributed by atoms with Gasteiger partial charge in [0, 0.05) is 5.92 Å². The summed E-state index contributed by atoms with van der Waals surface area (Å²) < 4.78 is 0. The minimum Gasteiger partial charge on any atom is -0.548 e. The Morgan fingerprint density at radius 2 is 1.73 bits per heavy atom. The second kappa shape index (κ2) is 8.79. The summed E-state index contributed by atoms with van der Waals surface area (Å²) >= 11 is 0. The third-order valence-corrected chi connectivity index (χ3v) is 3.43. The molecule has 1 unspecified atom stereocenters. The maximum atomic E-state index is 11.7. The number of hydrogen-bond acceptors (Lipinski definition) is 3. The third-order valence-electron chi connectivity index (χ3n) is 3.43. The molecule has 0 aliphatic heterocycles. The van der Waals surface area contributed by atoms with Crippen LogP contribution in [0.2, 0.25) is 0 Å². The predicted molar refractivity (Wildman–Crippen MR) is 79.4 cm³/mol. The molecule has 2 rings (SSSR count). The van der Waals surface area contributed by atoms with Gasteiger partial charge in [-0.2, -0.15) is 0 Å². The van der Waals surface area contributed by atoms with E-state index in [1.165, 1.54) is 0 Å². The predicted octanol–water partition coefficient (Wildman–Crippen LogP) is -1.72. The first-order valence-electron chi connectivity index (χ1n) is 6.97. The largest absolute Gasteiger partial charge is 1.00 e. The van der Waals surface area contributed by atoms with E-state index < -0.39 is 12.0 Å². The fourth-order valence-electron chi connectivity index (χ4n) is 2.22. The fourth-order valence-corrected chi connectivity index (χ4v) is 2.22. The van der Waals surface area contributed by atoms with Gasteiger partial charge in [0.15, 0.2) is 0 Å². The van der Waals surface area contributed by atoms with Crippen molar-refractivity contribution in [1.82, 2.24) is 5.32 Å². The van der Waals surface area contributed by atoms with Gasteiger partial charge in [-0.1, -0.05) is 56.3 Å². The first-order valence-corrected chi connectivity index (χ1v) is 6.97. The number of nitrogens with one attached hydrogen (secondary N) is 1. The first kappa shape index (κ1) is 19.3. The molecule has 0 aromatic heterocycles. The van der Waals surface area contributed by atoms with Crippen molar-refractivity contribution < 1.29 is 66.1 Å². The summed E-state index contributed by atoms with van der Waals surface area (Å²) in [7, 11) is 0. The number of hydrogen-bond donors (Lipinski definition) is 1. The van der Waals surface area contributed by atoms with Crippen molar-refractivity contribution >= 4 is 22.6 Å². The van der Waals surface area contributed by atoms with E-state index in [1.54, 1.807) is 13.8 Å². The van der Waals surface area contributed by atoms with Crippen LogP contribution in [0, 0.1) is 5.92 Å². The number of rotatable bonds is 5. The molecule has 0 spiro atoms. The molecule has 5 heteroatoms. The summed E-state index contributed by atoms with van der Waals surface area (Å²) in [6.45, 7) is 3.44. The van der Waals surface area contributed by atoms with Crippen molar-refractivity contribution in [2.75, 3.05) is 0 Å². The summed E-state index contributed by atoms with van der Waals surface area (Å²) in [6, 6.07) is 12.5. The number of amides is 1. The molecule has 4 nitrogen and oxygen atoms in total. The number of carboxylic acids is 1. The van der Waals surface area contributed by atoms with Gasteiger partial charge in [-0.05, 0) is 22.8 Å². The molecule has 22 heavy (non-hydrogen) atoms. The Hall–Kier alpha value is -0.724. The molecule has 0 bridgehead atoms. The fraction of sp³-hybridized carbons (Fsp3) is 0.294. The van der Waals surface area contributed by atoms with Gasteiger partial charge < -0.3 is 15.2 Å². The van der Waals surface area contributed by atoms with E-state index >= 15 is 0 Å². The minimum absolute atomic E-state index is 0. The van der Waals surface area contributed by atoms with Crippen LogP contribution in [0.4, 0.5) is 0 Å². The summed E-state index contributed by atoms with van der Waals surface area (Å²) in [6.07, 6.45) is 0.210. The van der Waals surface area contributed by atoms with Crippen LogP contribution in [0.15, 0.2) is 42.5 Å². The molecule has 0 saturated heterocycles. The Balaban J connectivity index is 0.00000242. The molecule has 1 amide bonds. The van der Waals surface area contributed by atoms with Gasteiger partial charge in [0.2, 0.25) is 5.91 Å². The summed E-state index contributed by atoms with van der Waals surface area (Å²) in [5.74, 6) is -1.82. The molecule has 0 aliphatic carbocycles. The van der Waals surface area contributed by atoms with Crippen molar-refractivity contribution in [3.8, 4) is 0 Å². The van der Waals surface area contributed by atoms with Crippen molar-refractivity contribution in [3.05, 3.63) is 48.0 Å². The summed E-state index contributed by atoms with van der Waals surface area (Å²) in [5, 5.41) is 15.8. The zero-order valence-corrected chi connectivity index (χ0v) is 16.3. The van der Waals surface area contributed by atoms with Crippen molar-refractivity contribution in [2.45, 2.75) is 26.3 Å². The van der Waals surface area contributed by atoms with Crippen molar-refractivity contribution in [1.29, 1.82) is 0 Å². The number of aliphatic carboxylic acids is 1. The Morgan fingerprint density at radius 1 is 1.09 bits per heavy atom. The van der Waals surface area contributed by atoms with Crippen molar-refractivity contribution in [3.63, 3.8) is 0 Å². The molecule has 2 aromatic carbocycles. The molecule has 0 fully saturated rings. The quantitative estimate of drug-likeness (QED) is 0.666. The van der Waals surface area contributed by atoms with Crippen LogP contribution in [-0.2, 0) is 16.0 Å². The molecule has 1 N–H and O–H groups in total. The van der Waals surface area contributed by atoms with Crippen molar-refractivity contribution in [2.24, 2.45) is 5.92 Å². The zero-order valence-electron chi connectivity index (χ0n) is 13.1. The van der Waals surface area contributed by atoms with Gasteiger partial charge in [0.05, 0.1) is 12.0 Å². The molecule has 0 aliphatic rings. The van der Waals surface area contributed by atoms with Gasteiger partial charge in [-0.15, -0.1) is 0 Å². The van der Waals surface area contributed by atoms with E-state index in [0.717, 1.165) is 16.3 Å². The van der Waals surface area contributed by atoms with E-state index in [-0.39, 0.29) is 69.6 Å². The smallest absolute Gasteiger partial charge is 0.548 e. The Bertz CT molecular complexity index is 665. The van der Waals surface area contributed by atoms with Gasteiger partial charge in [-0.25, -0.2) is 0 Å². The molecular weight excluding hydrogens is 305 g/mol. The summed E-state index contributed by atoms with van der Waals surface area (Å²) in [5.41, 5.74) is 0.881. The molecule has 0 saturated carbocycles. The molecule has 2 aromatic rings. The molecule has 0 radical (unpaired) electrons. The first-order chi connectivity index (χ1) is 9.99. The molecular formula is C17H18KNO3. The zero-order chi connectivity index (χ0) is 15.4. The van der Waals surface area contributed by atoms with Gasteiger partial charge in [-0.3, -0.25) is 4.79 Å². The normalized spacial score (nSPS) is 11.8. The second-order valence-electron chi connectivity index (χ2n) is 5.38. The number of carbonyl (C=O) groups excluding carboxylic acids is 2. The van der Waals surface area contributed by atoms with E-state index in [4.69, 9.17) is 0 Å². The standard InChI is InChI=1S/C17H19NO3.K/c1-11(2)16(19)18-15(17(20)21)10-13-8-5-7-12-6-3-4-9-14(12)13;/h3-9,11,15H,10H2,1-2H3,(H,18,19)(H,20,21);/q;+1/p-1. The van der Waals surface area contributed by atoms with E-state index in [2.05, 4.69) is 5.32 Å². The van der Waals surface area contributed by atoms with E-state index in [9.17, 15) is 14.7 Å². The van der Waals surface area contributed by atoms with Crippen LogP contribution in [0.5, 0.6) is 0 Å². The number of carboxylic acid groups (broad SMARTS) is 1. The van der Waals surface area contributed by atoms with E-state index in [0.29, 0.717) is 0 Å². The van der Waals surface area contributed by atoms with Crippen LogP contribution in [0.3, 0.4) is 0 Å². The Kier molecular flexibility index (Phi) is 7.72. The van der Waals surface area contributed by atoms with Crippen LogP contribution in [-0.4, -0.2) is 17.9 Å². The molecule has 110 valence electrons. The third kappa shape index (κ3) is 4.89. The van der Waals surface area contributed by atoms with Crippen LogP contribution in [0.25, 0.3) is 10.8 Å². The monoisotopic (exact) mass is 323 g/mol. The SMILES string of the molecule is CC(C)C(=O)NC(Cc1cccc2ccccc12)C(=O)[O-].[K+]. The average Bonchev–Trinajstić information content (AvgIpc) is 2.46. The van der Waals surface area contributed by atoms with Crippen LogP contribution < -0.4 is 61.8 Å². The molecule has 0 heterocycles. The van der Waals surface area contributed by atoms with Gasteiger partial charge in [0.25, 0.3) is 0 Å². The minimum atomic E-state index is -1.27. The van der Waals surface area contributed by atoms with E-state index in [1.807, 2.05) is 42.5 Å². The number of fused-ring (bicyclic) bond motifs is 1. The topological polar surface area (TPSA) is 69.2 Å². The van der Waals surface area contributed by atoms with Crippen LogP contribution >= 0.6 is 0 Å². The summed E-state index contributed by atoms with van der Waals surface area (Å²) in [4.78, 5) is 23.0. The maximum absolute atomic E-state index is 11.7. The number of benzene rings is 2. The van der Waals surface area contributed by atoms with Crippen LogP contribution in [0.1, 0.15) is 19.4 Å². The maximum Gasteiger partial charge on any atom is 1.00 e. The Labute approximate surface area is 172 Å². The second-order valence-corrected chi connectivity index (χ2v) is 5.38. The molecule has 1 atom stereocenters.